The molecular weight excluding hydrogens is 434 g/mol. The van der Waals surface area contributed by atoms with Crippen LogP contribution in [0.15, 0.2) is 48.8 Å². The van der Waals surface area contributed by atoms with Crippen molar-refractivity contribution >= 4 is 22.8 Å². The van der Waals surface area contributed by atoms with Crippen molar-refractivity contribution < 1.29 is 14.3 Å². The highest BCUT2D eigenvalue weighted by atomic mass is 16.5. The summed E-state index contributed by atoms with van der Waals surface area (Å²) in [5.74, 6) is 0.374. The average molecular weight is 457 g/mol. The third-order valence-electron chi connectivity index (χ3n) is 4.85. The normalized spacial score (nSPS) is 11.9. The predicted octanol–water partition coefficient (Wildman–Crippen LogP) is 3.41. The van der Waals surface area contributed by atoms with Crippen LogP contribution in [-0.4, -0.2) is 49.9 Å². The lowest BCUT2D eigenvalue weighted by molar-refractivity contribution is -0.126. The van der Waals surface area contributed by atoms with Gasteiger partial charge in [0, 0.05) is 11.8 Å². The van der Waals surface area contributed by atoms with E-state index >= 15 is 0 Å². The van der Waals surface area contributed by atoms with E-state index in [-0.39, 0.29) is 24.4 Å². The van der Waals surface area contributed by atoms with Crippen molar-refractivity contribution in [2.24, 2.45) is 0 Å². The minimum atomic E-state index is -1.03. The summed E-state index contributed by atoms with van der Waals surface area (Å²) in [6.07, 6.45) is 2.03. The molecule has 10 heteroatoms. The quantitative estimate of drug-likeness (QED) is 0.410. The Kier molecular flexibility index (Phi) is 6.75. The summed E-state index contributed by atoms with van der Waals surface area (Å²) in [6, 6.07) is 12.7. The fourth-order valence-electron chi connectivity index (χ4n) is 3.12. The number of amides is 1. The van der Waals surface area contributed by atoms with Gasteiger partial charge in [0.25, 0.3) is 5.91 Å². The molecule has 0 aliphatic rings. The maximum absolute atomic E-state index is 13.1. The molecule has 0 aliphatic carbocycles. The molecule has 172 valence electrons. The molecule has 2 N–H and O–H groups in total. The molecule has 0 radical (unpaired) electrons. The summed E-state index contributed by atoms with van der Waals surface area (Å²) in [5.41, 5.74) is 2.34. The first-order valence-corrected chi connectivity index (χ1v) is 10.7. The third-order valence-corrected chi connectivity index (χ3v) is 4.85. The number of hydrogen-bond donors (Lipinski definition) is 2. The van der Waals surface area contributed by atoms with Crippen LogP contribution in [0.4, 0.5) is 5.82 Å². The number of hydrogen-bond acceptors (Lipinski definition) is 8. The molecule has 0 fully saturated rings. The Labute approximate surface area is 196 Å². The zero-order valence-electron chi connectivity index (χ0n) is 18.9. The zero-order chi connectivity index (χ0) is 24.1. The number of H-pyrrole nitrogens is 1. The SMILES string of the molecule is Cc1ccc(NC(=O)[C@H](COC(C)C)Oc2nc(-c3ccccc3C#N)nc3[nH]ncc23)nc1. The molecule has 1 amide bonds. The fourth-order valence-corrected chi connectivity index (χ4v) is 3.12. The van der Waals surface area contributed by atoms with Gasteiger partial charge >= 0.3 is 0 Å². The van der Waals surface area contributed by atoms with Gasteiger partial charge in [0.1, 0.15) is 11.2 Å². The minimum Gasteiger partial charge on any atom is -0.461 e. The highest BCUT2D eigenvalue weighted by Gasteiger charge is 2.25. The molecule has 0 saturated carbocycles. The lowest BCUT2D eigenvalue weighted by Crippen LogP contribution is -2.38. The number of aromatic nitrogens is 5. The van der Waals surface area contributed by atoms with Gasteiger partial charge in [-0.05, 0) is 44.5 Å². The molecule has 0 saturated heterocycles. The van der Waals surface area contributed by atoms with Crippen LogP contribution >= 0.6 is 0 Å². The van der Waals surface area contributed by atoms with Crippen LogP contribution in [0.1, 0.15) is 25.0 Å². The van der Waals surface area contributed by atoms with E-state index in [9.17, 15) is 10.1 Å². The van der Waals surface area contributed by atoms with E-state index in [1.165, 1.54) is 6.20 Å². The standard InChI is InChI=1S/C24H23N7O3/c1-14(2)33-13-19(23(32)28-20-9-8-15(3)11-26-20)34-24-18-12-27-31-22(18)29-21(30-24)17-7-5-4-6-16(17)10-25/h4-9,11-12,14,19H,13H2,1-3H3,(H,26,28,32)(H,27,29,30,31)/t19-/m0/s1. The van der Waals surface area contributed by atoms with Gasteiger partial charge in [-0.15, -0.1) is 0 Å². The maximum Gasteiger partial charge on any atom is 0.269 e. The zero-order valence-corrected chi connectivity index (χ0v) is 18.9. The molecule has 10 nitrogen and oxygen atoms in total. The molecule has 0 unspecified atom stereocenters. The monoisotopic (exact) mass is 457 g/mol. The fraction of sp³-hybridized carbons (Fsp3) is 0.250. The van der Waals surface area contributed by atoms with Crippen molar-refractivity contribution in [2.75, 3.05) is 11.9 Å². The summed E-state index contributed by atoms with van der Waals surface area (Å²) >= 11 is 0. The molecule has 0 aliphatic heterocycles. The molecular formula is C24H23N7O3. The van der Waals surface area contributed by atoms with Gasteiger partial charge in [0.15, 0.2) is 11.5 Å². The second-order valence-corrected chi connectivity index (χ2v) is 7.84. The Balaban J connectivity index is 1.68. The Morgan fingerprint density at radius 3 is 2.74 bits per heavy atom. The summed E-state index contributed by atoms with van der Waals surface area (Å²) in [5, 5.41) is 19.6. The van der Waals surface area contributed by atoms with Crippen LogP contribution in [0.2, 0.25) is 0 Å². The van der Waals surface area contributed by atoms with Crippen molar-refractivity contribution in [1.82, 2.24) is 25.1 Å². The van der Waals surface area contributed by atoms with Gasteiger partial charge < -0.3 is 14.8 Å². The van der Waals surface area contributed by atoms with Gasteiger partial charge in [0.05, 0.1) is 30.5 Å². The Morgan fingerprint density at radius 2 is 2.00 bits per heavy atom. The first kappa shape index (κ1) is 22.8. The Bertz CT molecular complexity index is 1340. The molecule has 1 aromatic carbocycles. The second kappa shape index (κ2) is 10.1. The van der Waals surface area contributed by atoms with Crippen LogP contribution in [0.3, 0.4) is 0 Å². The predicted molar refractivity (Wildman–Crippen MR) is 125 cm³/mol. The van der Waals surface area contributed by atoms with Crippen LogP contribution in [-0.2, 0) is 9.53 Å². The van der Waals surface area contributed by atoms with Gasteiger partial charge in [-0.1, -0.05) is 18.2 Å². The lowest BCUT2D eigenvalue weighted by Gasteiger charge is -2.20. The number of aromatic amines is 1. The van der Waals surface area contributed by atoms with Gasteiger partial charge in [-0.2, -0.15) is 15.3 Å². The van der Waals surface area contributed by atoms with Crippen molar-refractivity contribution in [3.8, 4) is 23.3 Å². The number of carbonyl (C=O) groups excluding carboxylic acids is 1. The number of nitrogens with one attached hydrogen (secondary N) is 2. The van der Waals surface area contributed by atoms with E-state index in [0.29, 0.717) is 28.0 Å². The number of ether oxygens (including phenoxy) is 2. The van der Waals surface area contributed by atoms with Crippen molar-refractivity contribution in [3.63, 3.8) is 0 Å². The number of nitriles is 1. The number of aryl methyl sites for hydroxylation is 1. The van der Waals surface area contributed by atoms with Gasteiger partial charge in [-0.3, -0.25) is 9.89 Å². The van der Waals surface area contributed by atoms with E-state index < -0.39 is 12.0 Å². The third kappa shape index (κ3) is 5.16. The highest BCUT2D eigenvalue weighted by molar-refractivity contribution is 5.94. The summed E-state index contributed by atoms with van der Waals surface area (Å²) in [4.78, 5) is 26.3. The Morgan fingerprint density at radius 1 is 1.18 bits per heavy atom. The van der Waals surface area contributed by atoms with Crippen LogP contribution in [0.25, 0.3) is 22.4 Å². The maximum atomic E-state index is 13.1. The first-order chi connectivity index (χ1) is 16.4. The first-order valence-electron chi connectivity index (χ1n) is 10.7. The highest BCUT2D eigenvalue weighted by Crippen LogP contribution is 2.28. The molecule has 0 bridgehead atoms. The number of pyridine rings is 1. The topological polar surface area (TPSA) is 139 Å². The van der Waals surface area contributed by atoms with Gasteiger partial charge in [0.2, 0.25) is 12.0 Å². The number of fused-ring (bicyclic) bond motifs is 1. The number of nitrogens with zero attached hydrogens (tertiary/aromatic N) is 5. The molecule has 3 heterocycles. The second-order valence-electron chi connectivity index (χ2n) is 7.84. The summed E-state index contributed by atoms with van der Waals surface area (Å²) in [7, 11) is 0. The minimum absolute atomic E-state index is 0.0111. The number of benzene rings is 1. The van der Waals surface area contributed by atoms with E-state index in [0.717, 1.165) is 5.56 Å². The smallest absolute Gasteiger partial charge is 0.269 e. The van der Waals surface area contributed by atoms with Gasteiger partial charge in [-0.25, -0.2) is 9.97 Å². The van der Waals surface area contributed by atoms with Crippen LogP contribution in [0, 0.1) is 18.3 Å². The van der Waals surface area contributed by atoms with Crippen molar-refractivity contribution in [1.29, 1.82) is 5.26 Å². The molecule has 1 atom stereocenters. The number of carbonyl (C=O) groups is 1. The largest absolute Gasteiger partial charge is 0.461 e. The summed E-state index contributed by atoms with van der Waals surface area (Å²) < 4.78 is 11.8. The van der Waals surface area contributed by atoms with Crippen molar-refractivity contribution in [3.05, 3.63) is 59.9 Å². The van der Waals surface area contributed by atoms with Crippen LogP contribution < -0.4 is 10.1 Å². The molecule has 4 aromatic rings. The molecule has 0 spiro atoms. The van der Waals surface area contributed by atoms with E-state index in [1.54, 1.807) is 36.5 Å². The number of rotatable bonds is 8. The Hall–Kier alpha value is -4.36. The molecule has 34 heavy (non-hydrogen) atoms. The molecule has 4 rings (SSSR count). The van der Waals surface area contributed by atoms with E-state index in [4.69, 9.17) is 9.47 Å². The lowest BCUT2D eigenvalue weighted by atomic mass is 10.1. The van der Waals surface area contributed by atoms with Crippen molar-refractivity contribution in [2.45, 2.75) is 33.0 Å². The van der Waals surface area contributed by atoms with E-state index in [2.05, 4.69) is 36.5 Å². The van der Waals surface area contributed by atoms with E-state index in [1.807, 2.05) is 26.8 Å². The average Bonchev–Trinajstić information content (AvgIpc) is 3.32. The summed E-state index contributed by atoms with van der Waals surface area (Å²) in [6.45, 7) is 5.63. The van der Waals surface area contributed by atoms with Crippen LogP contribution in [0.5, 0.6) is 5.88 Å². The molecule has 3 aromatic heterocycles. The number of anilines is 1.